The van der Waals surface area contributed by atoms with E-state index in [1.165, 1.54) is 0 Å². The van der Waals surface area contributed by atoms with Crippen LogP contribution in [0.15, 0.2) is 53.1 Å². The fourth-order valence-electron chi connectivity index (χ4n) is 5.11. The lowest BCUT2D eigenvalue weighted by Crippen LogP contribution is -2.37. The maximum absolute atomic E-state index is 13.4. The molecule has 39 heavy (non-hydrogen) atoms. The lowest BCUT2D eigenvalue weighted by molar-refractivity contribution is -0.129. The Kier molecular flexibility index (Phi) is 9.43. The molecule has 3 aromatic rings. The van der Waals surface area contributed by atoms with Crippen LogP contribution < -0.4 is 10.6 Å². The number of halogens is 1. The maximum Gasteiger partial charge on any atom is 0.407 e. The Hall–Kier alpha value is -3.20. The van der Waals surface area contributed by atoms with Crippen molar-refractivity contribution in [2.24, 2.45) is 17.8 Å². The van der Waals surface area contributed by atoms with Gasteiger partial charge in [0.2, 0.25) is 5.91 Å². The zero-order valence-electron chi connectivity index (χ0n) is 22.8. The highest BCUT2D eigenvalue weighted by atomic mass is 79.9. The molecule has 0 unspecified atom stereocenters. The summed E-state index contributed by atoms with van der Waals surface area (Å²) in [6.07, 6.45) is 5.24. The average molecular weight is 598 g/mol. The number of ketones is 1. The first-order valence-corrected chi connectivity index (χ1v) is 14.3. The summed E-state index contributed by atoms with van der Waals surface area (Å²) in [5.74, 6) is -0.275. The van der Waals surface area contributed by atoms with Crippen LogP contribution in [-0.2, 0) is 20.7 Å². The predicted octanol–water partition coefficient (Wildman–Crippen LogP) is 6.41. The fraction of sp³-hybridized carbons (Fsp3) is 0.467. The molecule has 0 radical (unpaired) electrons. The third-order valence-corrected chi connectivity index (χ3v) is 7.63. The topological polar surface area (TPSA) is 113 Å². The van der Waals surface area contributed by atoms with Gasteiger partial charge in [0.1, 0.15) is 11.4 Å². The van der Waals surface area contributed by atoms with Gasteiger partial charge in [-0.2, -0.15) is 5.10 Å². The summed E-state index contributed by atoms with van der Waals surface area (Å²) in [7, 11) is 0. The number of rotatable bonds is 9. The van der Waals surface area contributed by atoms with Crippen LogP contribution in [-0.4, -0.2) is 40.1 Å². The number of nitrogens with one attached hydrogen (secondary N) is 3. The van der Waals surface area contributed by atoms with Crippen LogP contribution in [0.25, 0.3) is 10.9 Å². The molecule has 4 rings (SSSR count). The van der Waals surface area contributed by atoms with Crippen LogP contribution in [0.3, 0.4) is 0 Å². The molecule has 0 saturated heterocycles. The number of fused-ring (bicyclic) bond motifs is 1. The molecule has 1 fully saturated rings. The van der Waals surface area contributed by atoms with Gasteiger partial charge in [0, 0.05) is 40.3 Å². The van der Waals surface area contributed by atoms with Gasteiger partial charge in [0.15, 0.2) is 0 Å². The molecule has 2 aromatic carbocycles. The summed E-state index contributed by atoms with van der Waals surface area (Å²) in [6, 6.07) is 13.5. The van der Waals surface area contributed by atoms with Crippen molar-refractivity contribution in [3.63, 3.8) is 0 Å². The van der Waals surface area contributed by atoms with Crippen molar-refractivity contribution in [1.29, 1.82) is 0 Å². The van der Waals surface area contributed by atoms with E-state index in [0.29, 0.717) is 24.6 Å². The Morgan fingerprint density at radius 3 is 2.59 bits per heavy atom. The van der Waals surface area contributed by atoms with E-state index in [1.807, 2.05) is 63.2 Å². The Balaban J connectivity index is 1.35. The number of hydrogen-bond acceptors (Lipinski definition) is 5. The lowest BCUT2D eigenvalue weighted by Gasteiger charge is -2.29. The number of ether oxygens (including phenoxy) is 1. The first-order valence-electron chi connectivity index (χ1n) is 13.5. The average Bonchev–Trinajstić information content (AvgIpc) is 3.34. The molecule has 0 aliphatic heterocycles. The van der Waals surface area contributed by atoms with Gasteiger partial charge in [-0.1, -0.05) is 28.1 Å². The summed E-state index contributed by atoms with van der Waals surface area (Å²) < 4.78 is 6.26. The number of amides is 2. The van der Waals surface area contributed by atoms with Crippen LogP contribution >= 0.6 is 15.9 Å². The minimum absolute atomic E-state index is 0.0677. The van der Waals surface area contributed by atoms with E-state index in [-0.39, 0.29) is 24.0 Å². The van der Waals surface area contributed by atoms with Gasteiger partial charge >= 0.3 is 6.09 Å². The largest absolute Gasteiger partial charge is 0.444 e. The van der Waals surface area contributed by atoms with Crippen molar-refractivity contribution in [2.45, 2.75) is 64.9 Å². The number of alkyl carbamates (subject to hydrolysis) is 1. The van der Waals surface area contributed by atoms with Crippen molar-refractivity contribution in [3.05, 3.63) is 58.7 Å². The van der Waals surface area contributed by atoms with E-state index in [0.717, 1.165) is 46.6 Å². The number of hydrogen-bond donors (Lipinski definition) is 3. The van der Waals surface area contributed by atoms with Crippen molar-refractivity contribution in [2.75, 3.05) is 11.9 Å². The molecule has 1 aromatic heterocycles. The molecule has 208 valence electrons. The maximum atomic E-state index is 13.4. The summed E-state index contributed by atoms with van der Waals surface area (Å²) in [6.45, 7) is 6.06. The van der Waals surface area contributed by atoms with E-state index >= 15 is 0 Å². The fourth-order valence-corrected chi connectivity index (χ4v) is 5.55. The van der Waals surface area contributed by atoms with Gasteiger partial charge in [-0.15, -0.1) is 0 Å². The molecule has 2 amide bonds. The van der Waals surface area contributed by atoms with Gasteiger partial charge in [-0.3, -0.25) is 14.7 Å². The van der Waals surface area contributed by atoms with Crippen molar-refractivity contribution in [1.82, 2.24) is 15.5 Å². The number of aromatic amines is 1. The molecular weight excluding hydrogens is 560 g/mol. The quantitative estimate of drug-likeness (QED) is 0.264. The number of benzene rings is 2. The third kappa shape index (κ3) is 8.65. The highest BCUT2D eigenvalue weighted by Gasteiger charge is 2.30. The number of carbonyl (C=O) groups excluding carboxylic acids is 3. The predicted molar refractivity (Wildman–Crippen MR) is 155 cm³/mol. The Morgan fingerprint density at radius 2 is 1.87 bits per heavy atom. The SMILES string of the molecule is CC(C)(C)OC(=O)NCC1CCC(C(=O)C[C@@H](Cc2cccc(Br)c2)C(=O)Nc2ccc3cn[nH]c3c2)CC1. The van der Waals surface area contributed by atoms with Gasteiger partial charge in [0.25, 0.3) is 0 Å². The second kappa shape index (κ2) is 12.8. The normalized spacial score (nSPS) is 18.4. The minimum Gasteiger partial charge on any atom is -0.444 e. The number of aromatic nitrogens is 2. The van der Waals surface area contributed by atoms with Gasteiger partial charge in [-0.25, -0.2) is 4.79 Å². The van der Waals surface area contributed by atoms with E-state index in [4.69, 9.17) is 4.74 Å². The first kappa shape index (κ1) is 28.8. The summed E-state index contributed by atoms with van der Waals surface area (Å²) in [4.78, 5) is 38.8. The Labute approximate surface area is 237 Å². The second-order valence-corrected chi connectivity index (χ2v) is 12.4. The molecule has 1 saturated carbocycles. The zero-order valence-corrected chi connectivity index (χ0v) is 24.3. The van der Waals surface area contributed by atoms with Crippen molar-refractivity contribution >= 4 is 50.3 Å². The van der Waals surface area contributed by atoms with Crippen LogP contribution in [0.2, 0.25) is 0 Å². The molecule has 0 spiro atoms. The van der Waals surface area contributed by atoms with Crippen LogP contribution in [0.5, 0.6) is 0 Å². The van der Waals surface area contributed by atoms with Gasteiger partial charge < -0.3 is 15.4 Å². The molecule has 9 heteroatoms. The molecule has 0 bridgehead atoms. The second-order valence-electron chi connectivity index (χ2n) is 11.5. The lowest BCUT2D eigenvalue weighted by atomic mass is 9.77. The number of anilines is 1. The zero-order chi connectivity index (χ0) is 28.0. The summed E-state index contributed by atoms with van der Waals surface area (Å²) in [5, 5.41) is 13.8. The van der Waals surface area contributed by atoms with Crippen LogP contribution in [0.4, 0.5) is 10.5 Å². The minimum atomic E-state index is -0.529. The third-order valence-electron chi connectivity index (χ3n) is 7.14. The monoisotopic (exact) mass is 596 g/mol. The number of nitrogens with zero attached hydrogens (tertiary/aromatic N) is 1. The smallest absolute Gasteiger partial charge is 0.407 e. The molecule has 1 atom stereocenters. The van der Waals surface area contributed by atoms with E-state index in [1.54, 1.807) is 6.20 Å². The number of Topliss-reactive ketones (excluding diaryl/α,β-unsaturated/α-hetero) is 1. The van der Waals surface area contributed by atoms with Crippen LogP contribution in [0, 0.1) is 17.8 Å². The van der Waals surface area contributed by atoms with E-state index < -0.39 is 17.6 Å². The van der Waals surface area contributed by atoms with E-state index in [2.05, 4.69) is 36.8 Å². The number of H-pyrrole nitrogens is 1. The van der Waals surface area contributed by atoms with E-state index in [9.17, 15) is 14.4 Å². The standard InChI is InChI=1S/C30H37BrN4O4/c1-30(2,3)39-29(38)32-17-19-7-9-21(10-8-19)27(36)15-23(13-20-5-4-6-24(31)14-20)28(37)34-25-12-11-22-18-33-35-26(22)16-25/h4-6,11-12,14,16,18-19,21,23H,7-10,13,15,17H2,1-3H3,(H,32,38)(H,33,35)(H,34,37)/t19?,21?,23-/m1/s1. The highest BCUT2D eigenvalue weighted by molar-refractivity contribution is 9.10. The first-order chi connectivity index (χ1) is 18.6. The molecule has 1 aliphatic carbocycles. The van der Waals surface area contributed by atoms with Gasteiger partial charge in [0.05, 0.1) is 11.7 Å². The molecular formula is C30H37BrN4O4. The Bertz CT molecular complexity index is 1310. The van der Waals surface area contributed by atoms with Crippen molar-refractivity contribution < 1.29 is 19.1 Å². The highest BCUT2D eigenvalue weighted by Crippen LogP contribution is 2.31. The molecule has 8 nitrogen and oxygen atoms in total. The summed E-state index contributed by atoms with van der Waals surface area (Å²) in [5.41, 5.74) is 1.98. The molecule has 3 N–H and O–H groups in total. The summed E-state index contributed by atoms with van der Waals surface area (Å²) >= 11 is 3.51. The van der Waals surface area contributed by atoms with Gasteiger partial charge in [-0.05, 0) is 94.7 Å². The van der Waals surface area contributed by atoms with Crippen molar-refractivity contribution in [3.8, 4) is 0 Å². The molecule has 1 heterocycles. The number of carbonyl (C=O) groups is 3. The Morgan fingerprint density at radius 1 is 1.10 bits per heavy atom. The molecule has 1 aliphatic rings. The van der Waals surface area contributed by atoms with Crippen LogP contribution in [0.1, 0.15) is 58.4 Å².